The van der Waals surface area contributed by atoms with Crippen molar-refractivity contribution in [3.05, 3.63) is 42.0 Å². The number of halogens is 1. The molecule has 1 heterocycles. The minimum Gasteiger partial charge on any atom is -0.496 e. The highest BCUT2D eigenvalue weighted by Gasteiger charge is 2.15. The predicted molar refractivity (Wildman–Crippen MR) is 70.5 cm³/mol. The van der Waals surface area contributed by atoms with Crippen molar-refractivity contribution in [2.24, 2.45) is 0 Å². The molecule has 0 amide bonds. The summed E-state index contributed by atoms with van der Waals surface area (Å²) in [5.41, 5.74) is 1.71. The fourth-order valence-electron chi connectivity index (χ4n) is 2.07. The standard InChI is InChI=1S/C14H9ClO3/c1-17-12-6-9-8-4-2-3-5-11(8)18-13(9)7-10(12)14(15)16/h2-7H,1H3. The largest absolute Gasteiger partial charge is 0.496 e. The molecule has 0 fully saturated rings. The summed E-state index contributed by atoms with van der Waals surface area (Å²) in [4.78, 5) is 11.3. The number of para-hydroxylation sites is 1. The Hall–Kier alpha value is -2.00. The van der Waals surface area contributed by atoms with Gasteiger partial charge in [0.15, 0.2) is 0 Å². The van der Waals surface area contributed by atoms with Crippen LogP contribution in [0.2, 0.25) is 0 Å². The first-order valence-electron chi connectivity index (χ1n) is 5.40. The number of carbonyl (C=O) groups excluding carboxylic acids is 1. The highest BCUT2D eigenvalue weighted by atomic mass is 35.5. The lowest BCUT2D eigenvalue weighted by Gasteiger charge is -2.04. The maximum atomic E-state index is 11.3. The van der Waals surface area contributed by atoms with Crippen molar-refractivity contribution in [1.82, 2.24) is 0 Å². The third-order valence-electron chi connectivity index (χ3n) is 2.91. The lowest BCUT2D eigenvalue weighted by atomic mass is 10.1. The molecule has 2 aromatic carbocycles. The Morgan fingerprint density at radius 2 is 1.94 bits per heavy atom. The molecule has 0 aliphatic heterocycles. The molecule has 0 spiro atoms. The van der Waals surface area contributed by atoms with E-state index in [1.807, 2.05) is 24.3 Å². The number of ether oxygens (including phenoxy) is 1. The molecule has 3 nitrogen and oxygen atoms in total. The Balaban J connectivity index is 2.43. The average Bonchev–Trinajstić information content (AvgIpc) is 2.74. The number of benzene rings is 2. The number of hydrogen-bond acceptors (Lipinski definition) is 3. The summed E-state index contributed by atoms with van der Waals surface area (Å²) in [7, 11) is 1.51. The maximum absolute atomic E-state index is 11.3. The first-order chi connectivity index (χ1) is 8.70. The number of rotatable bonds is 2. The number of carbonyl (C=O) groups is 1. The maximum Gasteiger partial charge on any atom is 0.256 e. The topological polar surface area (TPSA) is 39.4 Å². The summed E-state index contributed by atoms with van der Waals surface area (Å²) in [6, 6.07) is 11.1. The summed E-state index contributed by atoms with van der Waals surface area (Å²) in [6.45, 7) is 0. The van der Waals surface area contributed by atoms with Gasteiger partial charge in [0.05, 0.1) is 12.7 Å². The Labute approximate surface area is 108 Å². The quantitative estimate of drug-likeness (QED) is 0.655. The van der Waals surface area contributed by atoms with Gasteiger partial charge in [0.25, 0.3) is 5.24 Å². The van der Waals surface area contributed by atoms with Gasteiger partial charge in [0, 0.05) is 10.8 Å². The van der Waals surface area contributed by atoms with E-state index in [0.717, 1.165) is 16.4 Å². The van der Waals surface area contributed by atoms with E-state index in [-0.39, 0.29) is 0 Å². The molecular weight excluding hydrogens is 252 g/mol. The Morgan fingerprint density at radius 1 is 1.17 bits per heavy atom. The molecule has 0 N–H and O–H groups in total. The number of furan rings is 1. The zero-order chi connectivity index (χ0) is 12.7. The summed E-state index contributed by atoms with van der Waals surface area (Å²) in [5, 5.41) is 1.33. The summed E-state index contributed by atoms with van der Waals surface area (Å²) < 4.78 is 10.9. The van der Waals surface area contributed by atoms with E-state index in [1.54, 1.807) is 12.1 Å². The van der Waals surface area contributed by atoms with Gasteiger partial charge in [-0.1, -0.05) is 18.2 Å². The first-order valence-corrected chi connectivity index (χ1v) is 5.77. The Bertz CT molecular complexity index is 758. The van der Waals surface area contributed by atoms with E-state index in [0.29, 0.717) is 16.9 Å². The molecule has 3 rings (SSSR count). The molecular formula is C14H9ClO3. The van der Waals surface area contributed by atoms with E-state index in [4.69, 9.17) is 20.8 Å². The minimum atomic E-state index is -0.561. The van der Waals surface area contributed by atoms with Gasteiger partial charge in [-0.15, -0.1) is 0 Å². The van der Waals surface area contributed by atoms with Crippen LogP contribution in [-0.2, 0) is 0 Å². The van der Waals surface area contributed by atoms with Crippen molar-refractivity contribution in [3.63, 3.8) is 0 Å². The van der Waals surface area contributed by atoms with Crippen molar-refractivity contribution in [2.75, 3.05) is 7.11 Å². The van der Waals surface area contributed by atoms with Gasteiger partial charge in [-0.2, -0.15) is 0 Å². The zero-order valence-corrected chi connectivity index (χ0v) is 10.3. The molecule has 90 valence electrons. The van der Waals surface area contributed by atoms with Crippen molar-refractivity contribution >= 4 is 38.8 Å². The fraction of sp³-hybridized carbons (Fsp3) is 0.0714. The normalized spacial score (nSPS) is 11.0. The Kier molecular flexibility index (Phi) is 2.49. The highest BCUT2D eigenvalue weighted by Crippen LogP contribution is 2.34. The smallest absolute Gasteiger partial charge is 0.256 e. The molecule has 18 heavy (non-hydrogen) atoms. The van der Waals surface area contributed by atoms with Gasteiger partial charge in [0.2, 0.25) is 0 Å². The Morgan fingerprint density at radius 3 is 2.67 bits per heavy atom. The molecule has 0 saturated heterocycles. The highest BCUT2D eigenvalue weighted by molar-refractivity contribution is 6.68. The molecule has 0 unspecified atom stereocenters. The number of fused-ring (bicyclic) bond motifs is 3. The van der Waals surface area contributed by atoms with Crippen molar-refractivity contribution < 1.29 is 13.9 Å². The molecule has 0 radical (unpaired) electrons. The van der Waals surface area contributed by atoms with Gasteiger partial charge < -0.3 is 9.15 Å². The minimum absolute atomic E-state index is 0.311. The molecule has 1 aromatic heterocycles. The van der Waals surface area contributed by atoms with E-state index in [2.05, 4.69) is 0 Å². The van der Waals surface area contributed by atoms with Crippen LogP contribution in [0.4, 0.5) is 0 Å². The first kappa shape index (κ1) is 11.1. The molecule has 0 atom stereocenters. The van der Waals surface area contributed by atoms with Crippen LogP contribution >= 0.6 is 11.6 Å². The second-order valence-electron chi connectivity index (χ2n) is 3.92. The molecule has 4 heteroatoms. The fourth-order valence-corrected chi connectivity index (χ4v) is 2.22. The second-order valence-corrected chi connectivity index (χ2v) is 4.26. The van der Waals surface area contributed by atoms with Crippen molar-refractivity contribution in [2.45, 2.75) is 0 Å². The van der Waals surface area contributed by atoms with Crippen LogP contribution in [0.5, 0.6) is 5.75 Å². The molecule has 3 aromatic rings. The van der Waals surface area contributed by atoms with Gasteiger partial charge in [0.1, 0.15) is 16.9 Å². The average molecular weight is 261 g/mol. The summed E-state index contributed by atoms with van der Waals surface area (Å²) >= 11 is 5.53. The second kappa shape index (κ2) is 4.03. The number of hydrogen-bond donors (Lipinski definition) is 0. The van der Waals surface area contributed by atoms with E-state index >= 15 is 0 Å². The van der Waals surface area contributed by atoms with Crippen LogP contribution < -0.4 is 4.74 Å². The van der Waals surface area contributed by atoms with Crippen LogP contribution in [0, 0.1) is 0 Å². The van der Waals surface area contributed by atoms with Gasteiger partial charge >= 0.3 is 0 Å². The SMILES string of the molecule is COc1cc2c(cc1C(=O)Cl)oc1ccccc12. The van der Waals surface area contributed by atoms with Crippen LogP contribution in [-0.4, -0.2) is 12.4 Å². The molecule has 0 saturated carbocycles. The number of methoxy groups -OCH3 is 1. The van der Waals surface area contributed by atoms with Gasteiger partial charge in [-0.25, -0.2) is 0 Å². The van der Waals surface area contributed by atoms with Crippen LogP contribution in [0.15, 0.2) is 40.8 Å². The van der Waals surface area contributed by atoms with Gasteiger partial charge in [-0.05, 0) is 29.8 Å². The van der Waals surface area contributed by atoms with E-state index in [9.17, 15) is 4.79 Å². The molecule has 0 aliphatic carbocycles. The third-order valence-corrected chi connectivity index (χ3v) is 3.11. The van der Waals surface area contributed by atoms with Crippen LogP contribution in [0.1, 0.15) is 10.4 Å². The van der Waals surface area contributed by atoms with Gasteiger partial charge in [-0.3, -0.25) is 4.79 Å². The molecule has 0 aliphatic rings. The monoisotopic (exact) mass is 260 g/mol. The van der Waals surface area contributed by atoms with Crippen LogP contribution in [0.3, 0.4) is 0 Å². The molecule has 0 bridgehead atoms. The predicted octanol–water partition coefficient (Wildman–Crippen LogP) is 3.97. The summed E-state index contributed by atoms with van der Waals surface area (Å²) in [5.74, 6) is 0.453. The third kappa shape index (κ3) is 1.56. The van der Waals surface area contributed by atoms with Crippen molar-refractivity contribution in [1.29, 1.82) is 0 Å². The lowest BCUT2D eigenvalue weighted by Crippen LogP contribution is -1.94. The van der Waals surface area contributed by atoms with Crippen LogP contribution in [0.25, 0.3) is 21.9 Å². The van der Waals surface area contributed by atoms with E-state index in [1.165, 1.54) is 7.11 Å². The zero-order valence-electron chi connectivity index (χ0n) is 9.57. The van der Waals surface area contributed by atoms with E-state index < -0.39 is 5.24 Å². The van der Waals surface area contributed by atoms with Crippen molar-refractivity contribution in [3.8, 4) is 5.75 Å². The summed E-state index contributed by atoms with van der Waals surface area (Å²) in [6.07, 6.45) is 0. The lowest BCUT2D eigenvalue weighted by molar-refractivity contribution is 0.107.